The van der Waals surface area contributed by atoms with E-state index in [0.29, 0.717) is 22.6 Å². The lowest BCUT2D eigenvalue weighted by Crippen LogP contribution is -2.37. The number of hydrogen-bond donors (Lipinski definition) is 0. The number of aldehydes is 1. The van der Waals surface area contributed by atoms with E-state index in [4.69, 9.17) is 32.7 Å². The summed E-state index contributed by atoms with van der Waals surface area (Å²) < 4.78 is 10.5. The van der Waals surface area contributed by atoms with Crippen LogP contribution >= 0.6 is 23.2 Å². The molecule has 1 unspecified atom stereocenters. The SMILES string of the molecule is COc1c(Cl)cc(Cl)cc1C(C=O)N(C)C(=O)OC(C)(C)C. The largest absolute Gasteiger partial charge is 0.495 e. The summed E-state index contributed by atoms with van der Waals surface area (Å²) in [5, 5.41) is 0.597. The van der Waals surface area contributed by atoms with Gasteiger partial charge in [0.1, 0.15) is 23.7 Å². The van der Waals surface area contributed by atoms with Crippen molar-refractivity contribution in [2.45, 2.75) is 32.4 Å². The van der Waals surface area contributed by atoms with Gasteiger partial charge in [-0.3, -0.25) is 4.90 Å². The third-order valence-electron chi connectivity index (χ3n) is 2.79. The Labute approximate surface area is 140 Å². The predicted octanol–water partition coefficient (Wildman–Crippen LogP) is 4.11. The van der Waals surface area contributed by atoms with E-state index in [1.807, 2.05) is 0 Å². The lowest BCUT2D eigenvalue weighted by molar-refractivity contribution is -0.112. The molecule has 1 rings (SSSR count). The second-order valence-corrected chi connectivity index (χ2v) is 6.53. The third-order valence-corrected chi connectivity index (χ3v) is 3.29. The average Bonchev–Trinajstić information content (AvgIpc) is 2.37. The van der Waals surface area contributed by atoms with Crippen LogP contribution < -0.4 is 4.74 Å². The Hall–Kier alpha value is -1.46. The Kier molecular flexibility index (Phi) is 6.08. The van der Waals surface area contributed by atoms with Crippen LogP contribution in [0.25, 0.3) is 0 Å². The Morgan fingerprint density at radius 1 is 1.32 bits per heavy atom. The van der Waals surface area contributed by atoms with Gasteiger partial charge < -0.3 is 14.3 Å². The number of carbonyl (C=O) groups excluding carboxylic acids is 2. The molecule has 1 aromatic rings. The molecular formula is C15H19Cl2NO4. The highest BCUT2D eigenvalue weighted by molar-refractivity contribution is 6.35. The monoisotopic (exact) mass is 347 g/mol. The molecule has 1 amide bonds. The third kappa shape index (κ3) is 4.52. The summed E-state index contributed by atoms with van der Waals surface area (Å²) in [4.78, 5) is 24.8. The van der Waals surface area contributed by atoms with Crippen LogP contribution in [0.1, 0.15) is 32.4 Å². The van der Waals surface area contributed by atoms with Gasteiger partial charge in [-0.15, -0.1) is 0 Å². The van der Waals surface area contributed by atoms with Crippen molar-refractivity contribution in [1.29, 1.82) is 0 Å². The topological polar surface area (TPSA) is 55.8 Å². The molecule has 0 aliphatic heterocycles. The van der Waals surface area contributed by atoms with Gasteiger partial charge in [-0.05, 0) is 32.9 Å². The van der Waals surface area contributed by atoms with E-state index >= 15 is 0 Å². The van der Waals surface area contributed by atoms with Crippen LogP contribution in [0.4, 0.5) is 4.79 Å². The number of likely N-dealkylation sites (N-methyl/N-ethyl adjacent to an activating group) is 1. The first-order valence-electron chi connectivity index (χ1n) is 6.54. The number of halogens is 2. The number of benzene rings is 1. The molecule has 1 atom stereocenters. The molecule has 0 spiro atoms. The maximum atomic E-state index is 12.1. The number of ether oxygens (including phenoxy) is 2. The number of hydrogen-bond acceptors (Lipinski definition) is 4. The summed E-state index contributed by atoms with van der Waals surface area (Å²) in [7, 11) is 2.88. The van der Waals surface area contributed by atoms with Gasteiger partial charge in [-0.2, -0.15) is 0 Å². The van der Waals surface area contributed by atoms with Gasteiger partial charge in [0.15, 0.2) is 0 Å². The molecular weight excluding hydrogens is 329 g/mol. The van der Waals surface area contributed by atoms with E-state index in [0.717, 1.165) is 0 Å². The van der Waals surface area contributed by atoms with Crippen molar-refractivity contribution < 1.29 is 19.1 Å². The minimum Gasteiger partial charge on any atom is -0.495 e. The molecule has 0 bridgehead atoms. The minimum atomic E-state index is -0.930. The van der Waals surface area contributed by atoms with Crippen molar-refractivity contribution in [1.82, 2.24) is 4.90 Å². The Bertz CT molecular complexity index is 569. The van der Waals surface area contributed by atoms with Crippen LogP contribution in [0.2, 0.25) is 10.0 Å². The number of rotatable bonds is 4. The summed E-state index contributed by atoms with van der Waals surface area (Å²) in [5.74, 6) is 0.290. The first-order chi connectivity index (χ1) is 10.1. The van der Waals surface area contributed by atoms with Gasteiger partial charge in [0, 0.05) is 17.6 Å². The van der Waals surface area contributed by atoms with Crippen molar-refractivity contribution in [3.63, 3.8) is 0 Å². The van der Waals surface area contributed by atoms with E-state index in [1.165, 1.54) is 31.2 Å². The Morgan fingerprint density at radius 2 is 1.91 bits per heavy atom. The predicted molar refractivity (Wildman–Crippen MR) is 85.8 cm³/mol. The van der Waals surface area contributed by atoms with Crippen LogP contribution in [0.5, 0.6) is 5.75 Å². The number of carbonyl (C=O) groups is 2. The molecule has 0 aliphatic carbocycles. The van der Waals surface area contributed by atoms with E-state index in [1.54, 1.807) is 20.8 Å². The van der Waals surface area contributed by atoms with E-state index in [-0.39, 0.29) is 5.02 Å². The van der Waals surface area contributed by atoms with E-state index < -0.39 is 17.7 Å². The molecule has 0 saturated carbocycles. The quantitative estimate of drug-likeness (QED) is 0.769. The second-order valence-electron chi connectivity index (χ2n) is 5.68. The van der Waals surface area contributed by atoms with Crippen LogP contribution in [-0.2, 0) is 9.53 Å². The molecule has 0 fully saturated rings. The highest BCUT2D eigenvalue weighted by Crippen LogP contribution is 2.37. The molecule has 5 nitrogen and oxygen atoms in total. The minimum absolute atomic E-state index is 0.259. The van der Waals surface area contributed by atoms with E-state index in [2.05, 4.69) is 0 Å². The van der Waals surface area contributed by atoms with Crippen LogP contribution in [0.3, 0.4) is 0 Å². The summed E-state index contributed by atoms with van der Waals surface area (Å²) >= 11 is 12.0. The number of methoxy groups -OCH3 is 1. The summed E-state index contributed by atoms with van der Waals surface area (Å²) in [5.41, 5.74) is -0.280. The zero-order valence-corrected chi connectivity index (χ0v) is 14.7. The molecule has 1 aromatic carbocycles. The lowest BCUT2D eigenvalue weighted by atomic mass is 10.1. The first kappa shape index (κ1) is 18.6. The molecule has 0 aliphatic rings. The van der Waals surface area contributed by atoms with Gasteiger partial charge in [0.05, 0.1) is 12.1 Å². The number of nitrogens with zero attached hydrogens (tertiary/aromatic N) is 1. The van der Waals surface area contributed by atoms with Gasteiger partial charge >= 0.3 is 6.09 Å². The van der Waals surface area contributed by atoms with Crippen molar-refractivity contribution in [3.8, 4) is 5.75 Å². The molecule has 0 heterocycles. The van der Waals surface area contributed by atoms with Gasteiger partial charge in [0.25, 0.3) is 0 Å². The molecule has 7 heteroatoms. The molecule has 122 valence electrons. The molecule has 0 aromatic heterocycles. The van der Waals surface area contributed by atoms with Crippen LogP contribution in [0, 0.1) is 0 Å². The van der Waals surface area contributed by atoms with Gasteiger partial charge in [-0.25, -0.2) is 4.79 Å². The lowest BCUT2D eigenvalue weighted by Gasteiger charge is -2.29. The molecule has 0 saturated heterocycles. The zero-order chi connectivity index (χ0) is 17.1. The molecule has 0 N–H and O–H groups in total. The Balaban J connectivity index is 3.21. The normalized spacial score (nSPS) is 12.5. The summed E-state index contributed by atoms with van der Waals surface area (Å²) in [6.07, 6.45) is -0.0308. The van der Waals surface area contributed by atoms with E-state index in [9.17, 15) is 9.59 Å². The number of amides is 1. The fourth-order valence-electron chi connectivity index (χ4n) is 1.84. The van der Waals surface area contributed by atoms with Crippen LogP contribution in [0.15, 0.2) is 12.1 Å². The highest BCUT2D eigenvalue weighted by Gasteiger charge is 2.29. The standard InChI is InChI=1S/C15H19Cl2NO4/c1-15(2,3)22-14(20)18(4)12(8-19)10-6-9(16)7-11(17)13(10)21-5/h6-8,12H,1-5H3. The fraction of sp³-hybridized carbons (Fsp3) is 0.467. The maximum absolute atomic E-state index is 12.1. The van der Waals surface area contributed by atoms with Crippen molar-refractivity contribution in [3.05, 3.63) is 27.7 Å². The molecule has 0 radical (unpaired) electrons. The smallest absolute Gasteiger partial charge is 0.410 e. The average molecular weight is 348 g/mol. The molecule has 22 heavy (non-hydrogen) atoms. The van der Waals surface area contributed by atoms with Crippen LogP contribution in [-0.4, -0.2) is 37.0 Å². The maximum Gasteiger partial charge on any atom is 0.410 e. The second kappa shape index (κ2) is 7.20. The van der Waals surface area contributed by atoms with Crippen molar-refractivity contribution >= 4 is 35.6 Å². The van der Waals surface area contributed by atoms with Gasteiger partial charge in [0.2, 0.25) is 0 Å². The summed E-state index contributed by atoms with van der Waals surface area (Å²) in [6.45, 7) is 5.22. The first-order valence-corrected chi connectivity index (χ1v) is 7.30. The van der Waals surface area contributed by atoms with Gasteiger partial charge in [-0.1, -0.05) is 23.2 Å². The van der Waals surface area contributed by atoms with Crippen molar-refractivity contribution in [2.24, 2.45) is 0 Å². The summed E-state index contributed by atoms with van der Waals surface area (Å²) in [6, 6.07) is 2.11. The fourth-order valence-corrected chi connectivity index (χ4v) is 2.42. The Morgan fingerprint density at radius 3 is 2.36 bits per heavy atom. The highest BCUT2D eigenvalue weighted by atomic mass is 35.5. The zero-order valence-electron chi connectivity index (χ0n) is 13.1. The van der Waals surface area contributed by atoms with Crippen molar-refractivity contribution in [2.75, 3.05) is 14.2 Å².